The lowest BCUT2D eigenvalue weighted by Gasteiger charge is -2.43. The molecule has 5 aliphatic carbocycles. The van der Waals surface area contributed by atoms with Crippen molar-refractivity contribution in [2.45, 2.75) is 40.0 Å². The fourth-order valence-electron chi connectivity index (χ4n) is 6.66. The number of carbonyl (C=O) groups excluding carboxylic acids is 1. The van der Waals surface area contributed by atoms with Gasteiger partial charge in [0.1, 0.15) is 6.29 Å². The van der Waals surface area contributed by atoms with Crippen molar-refractivity contribution in [3.8, 4) is 0 Å². The highest BCUT2D eigenvalue weighted by Crippen LogP contribution is 2.91. The van der Waals surface area contributed by atoms with Gasteiger partial charge in [0.05, 0.1) is 0 Å². The lowest BCUT2D eigenvalue weighted by atomic mass is 9.61. The zero-order valence-corrected chi connectivity index (χ0v) is 10.6. The zero-order valence-electron chi connectivity index (χ0n) is 10.6. The maximum absolute atomic E-state index is 11.1. The van der Waals surface area contributed by atoms with Gasteiger partial charge in [-0.2, -0.15) is 0 Å². The van der Waals surface area contributed by atoms with E-state index in [1.807, 2.05) is 0 Å². The largest absolute Gasteiger partial charge is 0.303 e. The van der Waals surface area contributed by atoms with Crippen molar-refractivity contribution in [3.05, 3.63) is 0 Å². The molecule has 16 heavy (non-hydrogen) atoms. The standard InChI is InChI=1S/C15H22O/c1-8(7-16)9-4-5-14(2)10-6-11-13(12(9)10)15(11,14)3/h7-13H,4-6H2,1-3H3/t8?,9-,10+,11?,12?,13?,14?,15-/m1/s1. The Morgan fingerprint density at radius 1 is 1.31 bits per heavy atom. The van der Waals surface area contributed by atoms with Gasteiger partial charge in [0.25, 0.3) is 0 Å². The van der Waals surface area contributed by atoms with Gasteiger partial charge >= 0.3 is 0 Å². The quantitative estimate of drug-likeness (QED) is 0.651. The number of hydrogen-bond acceptors (Lipinski definition) is 1. The summed E-state index contributed by atoms with van der Waals surface area (Å²) in [5.41, 5.74) is 1.33. The summed E-state index contributed by atoms with van der Waals surface area (Å²) in [4.78, 5) is 11.1. The Morgan fingerprint density at radius 3 is 2.69 bits per heavy atom. The summed E-state index contributed by atoms with van der Waals surface area (Å²) >= 11 is 0. The van der Waals surface area contributed by atoms with Crippen molar-refractivity contribution < 1.29 is 4.79 Å². The third kappa shape index (κ3) is 0.683. The van der Waals surface area contributed by atoms with Gasteiger partial charge in [-0.1, -0.05) is 20.8 Å². The molecule has 8 atom stereocenters. The van der Waals surface area contributed by atoms with E-state index in [0.29, 0.717) is 16.7 Å². The van der Waals surface area contributed by atoms with Crippen LogP contribution in [0.2, 0.25) is 0 Å². The van der Waals surface area contributed by atoms with E-state index in [9.17, 15) is 4.79 Å². The molecular formula is C15H22O. The Hall–Kier alpha value is -0.330. The van der Waals surface area contributed by atoms with Crippen LogP contribution in [0.15, 0.2) is 0 Å². The van der Waals surface area contributed by atoms with Gasteiger partial charge in [-0.3, -0.25) is 0 Å². The van der Waals surface area contributed by atoms with E-state index in [0.717, 1.165) is 29.6 Å². The van der Waals surface area contributed by atoms with Gasteiger partial charge in [-0.05, 0) is 59.7 Å². The zero-order chi connectivity index (χ0) is 11.3. The Morgan fingerprint density at radius 2 is 2.06 bits per heavy atom. The third-order valence-electron chi connectivity index (χ3n) is 7.60. The summed E-state index contributed by atoms with van der Waals surface area (Å²) in [5, 5.41) is 0. The molecule has 0 aromatic carbocycles. The lowest BCUT2D eigenvalue weighted by molar-refractivity contribution is -0.113. The number of carbonyl (C=O) groups is 1. The van der Waals surface area contributed by atoms with Crippen molar-refractivity contribution in [2.24, 2.45) is 46.3 Å². The van der Waals surface area contributed by atoms with E-state index >= 15 is 0 Å². The SMILES string of the molecule is CC(C=O)[C@H]1CCC2(C)[C@H]3CC4C(C13)[C@@]42C. The summed E-state index contributed by atoms with van der Waals surface area (Å²) in [6.45, 7) is 7.26. The Labute approximate surface area is 98.0 Å². The maximum atomic E-state index is 11.1. The van der Waals surface area contributed by atoms with Crippen LogP contribution in [0.5, 0.6) is 0 Å². The Bertz CT molecular complexity index is 376. The van der Waals surface area contributed by atoms with Crippen LogP contribution in [0.25, 0.3) is 0 Å². The molecular weight excluding hydrogens is 196 g/mol. The minimum absolute atomic E-state index is 0.304. The highest BCUT2D eigenvalue weighted by Gasteiger charge is 2.86. The molecule has 0 amide bonds. The molecule has 0 N–H and O–H groups in total. The molecule has 0 heterocycles. The molecule has 88 valence electrons. The van der Waals surface area contributed by atoms with E-state index in [1.54, 1.807) is 0 Å². The van der Waals surface area contributed by atoms with E-state index < -0.39 is 0 Å². The molecule has 0 saturated heterocycles. The van der Waals surface area contributed by atoms with E-state index in [4.69, 9.17) is 0 Å². The molecule has 0 aliphatic heterocycles. The highest BCUT2D eigenvalue weighted by atomic mass is 16.1. The van der Waals surface area contributed by atoms with Crippen molar-refractivity contribution in [1.29, 1.82) is 0 Å². The van der Waals surface area contributed by atoms with Gasteiger partial charge in [0.2, 0.25) is 0 Å². The minimum Gasteiger partial charge on any atom is -0.303 e. The predicted octanol–water partition coefficient (Wildman–Crippen LogP) is 3.14. The Kier molecular flexibility index (Phi) is 1.46. The molecule has 0 radical (unpaired) electrons. The Balaban J connectivity index is 1.76. The topological polar surface area (TPSA) is 17.1 Å². The summed E-state index contributed by atoms with van der Waals surface area (Å²) in [6, 6.07) is 0. The molecule has 0 aromatic heterocycles. The van der Waals surface area contributed by atoms with Crippen molar-refractivity contribution in [3.63, 3.8) is 0 Å². The fourth-order valence-corrected chi connectivity index (χ4v) is 6.66. The first-order valence-electron chi connectivity index (χ1n) is 7.01. The fraction of sp³-hybridized carbons (Fsp3) is 0.933. The average molecular weight is 218 g/mol. The van der Waals surface area contributed by atoms with Crippen molar-refractivity contribution in [1.82, 2.24) is 0 Å². The first-order valence-corrected chi connectivity index (χ1v) is 7.01. The van der Waals surface area contributed by atoms with Crippen LogP contribution < -0.4 is 0 Å². The highest BCUT2D eigenvalue weighted by molar-refractivity contribution is 5.54. The second-order valence-electron chi connectivity index (χ2n) is 7.45. The van der Waals surface area contributed by atoms with Crippen molar-refractivity contribution in [2.75, 3.05) is 0 Å². The number of hydrogen-bond donors (Lipinski definition) is 0. The van der Waals surface area contributed by atoms with Crippen LogP contribution in [-0.2, 0) is 4.79 Å². The smallest absolute Gasteiger partial charge is 0.123 e. The molecule has 5 fully saturated rings. The second-order valence-corrected chi connectivity index (χ2v) is 7.45. The molecule has 5 aliphatic rings. The minimum atomic E-state index is 0.304. The van der Waals surface area contributed by atoms with Gasteiger partial charge in [0.15, 0.2) is 0 Å². The normalized spacial score (nSPS) is 66.8. The summed E-state index contributed by atoms with van der Waals surface area (Å²) < 4.78 is 0. The molecule has 0 aromatic rings. The third-order valence-corrected chi connectivity index (χ3v) is 7.60. The molecule has 5 unspecified atom stereocenters. The van der Waals surface area contributed by atoms with Crippen LogP contribution in [0.1, 0.15) is 40.0 Å². The molecule has 1 nitrogen and oxygen atoms in total. The monoisotopic (exact) mass is 218 g/mol. The second kappa shape index (κ2) is 2.42. The van der Waals surface area contributed by atoms with Crippen LogP contribution in [0.3, 0.4) is 0 Å². The summed E-state index contributed by atoms with van der Waals surface area (Å²) in [6.07, 6.45) is 5.41. The molecule has 5 saturated carbocycles. The summed E-state index contributed by atoms with van der Waals surface area (Å²) in [5.74, 6) is 4.93. The van der Waals surface area contributed by atoms with Gasteiger partial charge < -0.3 is 4.79 Å². The first kappa shape index (κ1) is 9.67. The summed E-state index contributed by atoms with van der Waals surface area (Å²) in [7, 11) is 0. The van der Waals surface area contributed by atoms with Gasteiger partial charge in [-0.15, -0.1) is 0 Å². The van der Waals surface area contributed by atoms with Crippen LogP contribution in [0.4, 0.5) is 0 Å². The lowest BCUT2D eigenvalue weighted by Crippen LogP contribution is -2.38. The van der Waals surface area contributed by atoms with Crippen molar-refractivity contribution >= 4 is 6.29 Å². The van der Waals surface area contributed by atoms with Crippen LogP contribution >= 0.6 is 0 Å². The molecule has 6 bridgehead atoms. The van der Waals surface area contributed by atoms with Gasteiger partial charge in [0, 0.05) is 5.92 Å². The van der Waals surface area contributed by atoms with E-state index in [-0.39, 0.29) is 0 Å². The van der Waals surface area contributed by atoms with E-state index in [2.05, 4.69) is 20.8 Å². The molecule has 1 heteroatoms. The van der Waals surface area contributed by atoms with Gasteiger partial charge in [-0.25, -0.2) is 0 Å². The average Bonchev–Trinajstić information content (AvgIpc) is 2.58. The van der Waals surface area contributed by atoms with E-state index in [1.165, 1.54) is 25.5 Å². The predicted molar refractivity (Wildman–Crippen MR) is 62.7 cm³/mol. The molecule has 5 rings (SSSR count). The van der Waals surface area contributed by atoms with Crippen LogP contribution in [0, 0.1) is 46.3 Å². The first-order chi connectivity index (χ1) is 7.55. The molecule has 0 spiro atoms. The maximum Gasteiger partial charge on any atom is 0.123 e. The number of aldehydes is 1. The number of rotatable bonds is 2. The van der Waals surface area contributed by atoms with Crippen LogP contribution in [-0.4, -0.2) is 6.29 Å².